The molecule has 1 atom stereocenters. The summed E-state index contributed by atoms with van der Waals surface area (Å²) in [6.45, 7) is 1.40. The molecule has 1 saturated heterocycles. The minimum Gasteiger partial charge on any atom is -0.454 e. The molecule has 3 amide bonds. The van der Waals surface area contributed by atoms with E-state index in [0.717, 1.165) is 4.90 Å². The van der Waals surface area contributed by atoms with E-state index in [2.05, 4.69) is 5.32 Å². The van der Waals surface area contributed by atoms with Gasteiger partial charge in [0.15, 0.2) is 17.3 Å². The van der Waals surface area contributed by atoms with Gasteiger partial charge < -0.3 is 14.8 Å². The number of Topliss-reactive ketones (excluding diaryl/α,β-unsaturated/α-hetero) is 1. The monoisotopic (exact) mass is 352 g/mol. The molecule has 2 aromatic carbocycles. The van der Waals surface area contributed by atoms with E-state index in [4.69, 9.17) is 9.47 Å². The molecule has 0 spiro atoms. The SMILES string of the molecule is C[C@@]1(c2ccccc2)NC(=O)N(CC(=O)c2ccc3c(c2)OCO3)C1=O. The molecule has 0 saturated carbocycles. The van der Waals surface area contributed by atoms with Crippen molar-refractivity contribution in [3.8, 4) is 11.5 Å². The second-order valence-corrected chi connectivity index (χ2v) is 6.30. The molecule has 1 fully saturated rings. The zero-order valence-electron chi connectivity index (χ0n) is 14.0. The van der Waals surface area contributed by atoms with E-state index in [0.29, 0.717) is 22.6 Å². The van der Waals surface area contributed by atoms with Crippen molar-refractivity contribution in [2.45, 2.75) is 12.5 Å². The zero-order valence-corrected chi connectivity index (χ0v) is 14.0. The second kappa shape index (κ2) is 5.87. The predicted molar refractivity (Wildman–Crippen MR) is 90.9 cm³/mol. The normalized spacial score (nSPS) is 21.0. The fourth-order valence-corrected chi connectivity index (χ4v) is 3.11. The molecule has 132 valence electrons. The number of ketones is 1. The molecule has 2 aromatic rings. The molecule has 2 aliphatic rings. The number of hydrogen-bond acceptors (Lipinski definition) is 5. The van der Waals surface area contributed by atoms with Gasteiger partial charge in [0.25, 0.3) is 5.91 Å². The maximum Gasteiger partial charge on any atom is 0.325 e. The van der Waals surface area contributed by atoms with Crippen LogP contribution in [0.3, 0.4) is 0 Å². The number of benzene rings is 2. The van der Waals surface area contributed by atoms with Crippen LogP contribution < -0.4 is 14.8 Å². The van der Waals surface area contributed by atoms with E-state index in [1.165, 1.54) is 0 Å². The first kappa shape index (κ1) is 16.1. The van der Waals surface area contributed by atoms with Crippen LogP contribution in [0.25, 0.3) is 0 Å². The summed E-state index contributed by atoms with van der Waals surface area (Å²) in [6.07, 6.45) is 0. The molecule has 1 N–H and O–H groups in total. The lowest BCUT2D eigenvalue weighted by molar-refractivity contribution is -0.130. The first-order valence-corrected chi connectivity index (χ1v) is 8.11. The van der Waals surface area contributed by atoms with Crippen LogP contribution in [-0.4, -0.2) is 36.0 Å². The van der Waals surface area contributed by atoms with Gasteiger partial charge in [-0.2, -0.15) is 0 Å². The van der Waals surface area contributed by atoms with Gasteiger partial charge in [-0.1, -0.05) is 30.3 Å². The third kappa shape index (κ3) is 2.48. The van der Waals surface area contributed by atoms with Crippen LogP contribution in [-0.2, 0) is 10.3 Å². The predicted octanol–water partition coefficient (Wildman–Crippen LogP) is 2.07. The molecule has 0 unspecified atom stereocenters. The molecule has 26 heavy (non-hydrogen) atoms. The largest absolute Gasteiger partial charge is 0.454 e. The number of ether oxygens (including phenoxy) is 2. The summed E-state index contributed by atoms with van der Waals surface area (Å²) in [5, 5.41) is 2.69. The zero-order chi connectivity index (χ0) is 18.3. The van der Waals surface area contributed by atoms with Crippen molar-refractivity contribution in [3.05, 3.63) is 59.7 Å². The van der Waals surface area contributed by atoms with Gasteiger partial charge in [-0.15, -0.1) is 0 Å². The third-order valence-electron chi connectivity index (χ3n) is 4.62. The van der Waals surface area contributed by atoms with Gasteiger partial charge in [-0.05, 0) is 30.7 Å². The van der Waals surface area contributed by atoms with Crippen LogP contribution in [0.1, 0.15) is 22.8 Å². The number of hydrogen-bond donors (Lipinski definition) is 1. The average Bonchev–Trinajstić information content (AvgIpc) is 3.20. The van der Waals surface area contributed by atoms with Gasteiger partial charge in [-0.25, -0.2) is 4.79 Å². The number of nitrogens with zero attached hydrogens (tertiary/aromatic N) is 1. The van der Waals surface area contributed by atoms with E-state index < -0.39 is 17.5 Å². The Morgan fingerprint density at radius 2 is 1.85 bits per heavy atom. The Morgan fingerprint density at radius 3 is 2.62 bits per heavy atom. The highest BCUT2D eigenvalue weighted by atomic mass is 16.7. The lowest BCUT2D eigenvalue weighted by Crippen LogP contribution is -2.41. The van der Waals surface area contributed by atoms with Crippen molar-refractivity contribution in [2.75, 3.05) is 13.3 Å². The highest BCUT2D eigenvalue weighted by Gasteiger charge is 2.49. The third-order valence-corrected chi connectivity index (χ3v) is 4.62. The van der Waals surface area contributed by atoms with Crippen LogP contribution in [0.5, 0.6) is 11.5 Å². The molecule has 0 aliphatic carbocycles. The molecule has 0 radical (unpaired) electrons. The van der Waals surface area contributed by atoms with Crippen molar-refractivity contribution in [3.63, 3.8) is 0 Å². The minimum absolute atomic E-state index is 0.107. The molecule has 0 aromatic heterocycles. The Kier molecular flexibility index (Phi) is 3.64. The number of fused-ring (bicyclic) bond motifs is 1. The van der Waals surface area contributed by atoms with Crippen molar-refractivity contribution in [1.82, 2.24) is 10.2 Å². The lowest BCUT2D eigenvalue weighted by atomic mass is 9.92. The van der Waals surface area contributed by atoms with Crippen LogP contribution >= 0.6 is 0 Å². The van der Waals surface area contributed by atoms with Gasteiger partial charge in [-0.3, -0.25) is 14.5 Å². The molecule has 2 aliphatic heterocycles. The highest BCUT2D eigenvalue weighted by molar-refractivity contribution is 6.11. The number of imide groups is 1. The highest BCUT2D eigenvalue weighted by Crippen LogP contribution is 2.33. The Bertz CT molecular complexity index is 911. The van der Waals surface area contributed by atoms with Crippen molar-refractivity contribution in [1.29, 1.82) is 0 Å². The van der Waals surface area contributed by atoms with Crippen LogP contribution in [0.2, 0.25) is 0 Å². The summed E-state index contributed by atoms with van der Waals surface area (Å²) in [7, 11) is 0. The topological polar surface area (TPSA) is 84.9 Å². The van der Waals surface area contributed by atoms with Gasteiger partial charge in [0.2, 0.25) is 6.79 Å². The summed E-state index contributed by atoms with van der Waals surface area (Å²) >= 11 is 0. The van der Waals surface area contributed by atoms with E-state index in [1.54, 1.807) is 49.4 Å². The van der Waals surface area contributed by atoms with E-state index >= 15 is 0 Å². The van der Waals surface area contributed by atoms with Gasteiger partial charge in [0, 0.05) is 5.56 Å². The Hall–Kier alpha value is -3.35. The van der Waals surface area contributed by atoms with Crippen molar-refractivity contribution in [2.24, 2.45) is 0 Å². The number of amides is 3. The number of nitrogens with one attached hydrogen (secondary N) is 1. The molecule has 4 rings (SSSR count). The van der Waals surface area contributed by atoms with Crippen LogP contribution in [0, 0.1) is 0 Å². The van der Waals surface area contributed by atoms with Crippen LogP contribution in [0.15, 0.2) is 48.5 Å². The first-order chi connectivity index (χ1) is 12.5. The summed E-state index contributed by atoms with van der Waals surface area (Å²) in [5.74, 6) is 0.224. The fraction of sp³-hybridized carbons (Fsp3) is 0.211. The van der Waals surface area contributed by atoms with E-state index in [-0.39, 0.29) is 19.1 Å². The number of urea groups is 1. The summed E-state index contributed by atoms with van der Waals surface area (Å²) in [5.41, 5.74) is -0.174. The van der Waals surface area contributed by atoms with Gasteiger partial charge in [0.1, 0.15) is 5.54 Å². The summed E-state index contributed by atoms with van der Waals surface area (Å²) < 4.78 is 10.5. The second-order valence-electron chi connectivity index (χ2n) is 6.30. The maximum absolute atomic E-state index is 12.8. The molecule has 2 heterocycles. The molecule has 7 nitrogen and oxygen atoms in total. The molecular weight excluding hydrogens is 336 g/mol. The minimum atomic E-state index is -1.19. The number of carbonyl (C=O) groups is 3. The van der Waals surface area contributed by atoms with Gasteiger partial charge in [0.05, 0.1) is 6.54 Å². The number of rotatable bonds is 4. The Balaban J connectivity index is 1.56. The molecular formula is C19H16N2O5. The lowest BCUT2D eigenvalue weighted by Gasteiger charge is -2.22. The number of carbonyl (C=O) groups excluding carboxylic acids is 3. The van der Waals surface area contributed by atoms with E-state index in [1.807, 2.05) is 6.07 Å². The van der Waals surface area contributed by atoms with Crippen molar-refractivity contribution >= 4 is 17.7 Å². The van der Waals surface area contributed by atoms with Gasteiger partial charge >= 0.3 is 6.03 Å². The average molecular weight is 352 g/mol. The van der Waals surface area contributed by atoms with E-state index in [9.17, 15) is 14.4 Å². The standard InChI is InChI=1S/C19H16N2O5/c1-19(13-5-3-2-4-6-13)17(23)21(18(24)20-19)10-14(22)12-7-8-15-16(9-12)26-11-25-15/h2-9H,10-11H2,1H3,(H,20,24)/t19-/m0/s1. The quantitative estimate of drug-likeness (QED) is 0.673. The summed E-state index contributed by atoms with van der Waals surface area (Å²) in [4.78, 5) is 38.7. The van der Waals surface area contributed by atoms with Crippen molar-refractivity contribution < 1.29 is 23.9 Å². The first-order valence-electron chi connectivity index (χ1n) is 8.11. The molecule has 0 bridgehead atoms. The summed E-state index contributed by atoms with van der Waals surface area (Å²) in [6, 6.07) is 13.1. The fourth-order valence-electron chi connectivity index (χ4n) is 3.11. The Labute approximate surface area is 149 Å². The molecule has 7 heteroatoms. The maximum atomic E-state index is 12.8. The smallest absolute Gasteiger partial charge is 0.325 e. The Morgan fingerprint density at radius 1 is 1.12 bits per heavy atom. The van der Waals surface area contributed by atoms with Crippen LogP contribution in [0.4, 0.5) is 4.79 Å².